The van der Waals surface area contributed by atoms with Gasteiger partial charge in [-0.1, -0.05) is 32.3 Å². The highest BCUT2D eigenvalue weighted by Gasteiger charge is 2.26. The number of para-hydroxylation sites is 1. The molecule has 0 unspecified atom stereocenters. The molecule has 0 bridgehead atoms. The average molecular weight is 296 g/mol. The van der Waals surface area contributed by atoms with E-state index in [0.29, 0.717) is 5.69 Å². The molecular weight excluding hydrogens is 272 g/mol. The lowest BCUT2D eigenvalue weighted by Crippen LogP contribution is -2.29. The normalized spacial score (nSPS) is 18.7. The SMILES string of the molecule is CC1(CNc2cccc(S(C)(=O)=O)c2N)CCCCC1. The van der Waals surface area contributed by atoms with Gasteiger partial charge < -0.3 is 11.1 Å². The number of rotatable bonds is 4. The van der Waals surface area contributed by atoms with E-state index in [2.05, 4.69) is 12.2 Å². The standard InChI is InChI=1S/C15H24N2O2S/c1-15(9-4-3-5-10-15)11-17-12-7-6-8-13(14(12)16)20(2,18)19/h6-8,17H,3-5,9-11,16H2,1-2H3. The molecule has 1 aliphatic rings. The first-order valence-electron chi connectivity index (χ1n) is 7.14. The van der Waals surface area contributed by atoms with Crippen LogP contribution in [0.1, 0.15) is 39.0 Å². The van der Waals surface area contributed by atoms with E-state index >= 15 is 0 Å². The molecule has 0 atom stereocenters. The molecule has 1 aromatic carbocycles. The van der Waals surface area contributed by atoms with Crippen molar-refractivity contribution in [2.45, 2.75) is 43.9 Å². The number of sulfone groups is 1. The lowest BCUT2D eigenvalue weighted by molar-refractivity contribution is 0.233. The molecule has 4 nitrogen and oxygen atoms in total. The van der Waals surface area contributed by atoms with E-state index in [1.54, 1.807) is 12.1 Å². The highest BCUT2D eigenvalue weighted by atomic mass is 32.2. The Kier molecular flexibility index (Phi) is 4.28. The van der Waals surface area contributed by atoms with Gasteiger partial charge in [0.05, 0.1) is 16.3 Å². The summed E-state index contributed by atoms with van der Waals surface area (Å²) < 4.78 is 23.3. The Morgan fingerprint density at radius 3 is 2.50 bits per heavy atom. The fraction of sp³-hybridized carbons (Fsp3) is 0.600. The highest BCUT2D eigenvalue weighted by Crippen LogP contribution is 2.36. The molecule has 1 saturated carbocycles. The largest absolute Gasteiger partial charge is 0.396 e. The van der Waals surface area contributed by atoms with Crippen LogP contribution in [0.25, 0.3) is 0 Å². The van der Waals surface area contributed by atoms with Gasteiger partial charge in [-0.15, -0.1) is 0 Å². The second kappa shape index (κ2) is 5.64. The van der Waals surface area contributed by atoms with Crippen molar-refractivity contribution in [2.24, 2.45) is 5.41 Å². The van der Waals surface area contributed by atoms with Crippen molar-refractivity contribution in [2.75, 3.05) is 23.9 Å². The second-order valence-electron chi connectivity index (χ2n) is 6.21. The summed E-state index contributed by atoms with van der Waals surface area (Å²) in [5, 5.41) is 3.35. The monoisotopic (exact) mass is 296 g/mol. The van der Waals surface area contributed by atoms with Crippen LogP contribution in [-0.4, -0.2) is 21.2 Å². The first kappa shape index (κ1) is 15.2. The molecule has 0 radical (unpaired) electrons. The number of hydrogen-bond acceptors (Lipinski definition) is 4. The maximum Gasteiger partial charge on any atom is 0.177 e. The fourth-order valence-corrected chi connectivity index (χ4v) is 3.75. The molecule has 1 aliphatic carbocycles. The number of anilines is 2. The topological polar surface area (TPSA) is 72.2 Å². The van der Waals surface area contributed by atoms with Crippen LogP contribution in [0, 0.1) is 5.41 Å². The first-order chi connectivity index (χ1) is 9.32. The van der Waals surface area contributed by atoms with Gasteiger partial charge in [0.1, 0.15) is 0 Å². The van der Waals surface area contributed by atoms with Gasteiger partial charge in [0.2, 0.25) is 0 Å². The zero-order chi connectivity index (χ0) is 14.8. The van der Waals surface area contributed by atoms with Crippen LogP contribution in [0.5, 0.6) is 0 Å². The van der Waals surface area contributed by atoms with Crippen LogP contribution in [-0.2, 0) is 9.84 Å². The van der Waals surface area contributed by atoms with E-state index in [0.717, 1.165) is 12.2 Å². The van der Waals surface area contributed by atoms with Crippen molar-refractivity contribution in [1.29, 1.82) is 0 Å². The van der Waals surface area contributed by atoms with Crippen molar-refractivity contribution < 1.29 is 8.42 Å². The maximum atomic E-state index is 11.7. The Labute approximate surface area is 121 Å². The molecule has 0 aliphatic heterocycles. The minimum atomic E-state index is -3.28. The van der Waals surface area contributed by atoms with Crippen molar-refractivity contribution >= 4 is 21.2 Å². The summed E-state index contributed by atoms with van der Waals surface area (Å²) in [7, 11) is -3.28. The molecule has 2 rings (SSSR count). The Morgan fingerprint density at radius 1 is 1.25 bits per heavy atom. The summed E-state index contributed by atoms with van der Waals surface area (Å²) >= 11 is 0. The predicted molar refractivity (Wildman–Crippen MR) is 83.6 cm³/mol. The Bertz CT molecular complexity index is 576. The lowest BCUT2D eigenvalue weighted by atomic mass is 9.76. The van der Waals surface area contributed by atoms with E-state index in [1.165, 1.54) is 38.4 Å². The minimum absolute atomic E-state index is 0.205. The Hall–Kier alpha value is -1.23. The van der Waals surface area contributed by atoms with Crippen LogP contribution in [0.2, 0.25) is 0 Å². The summed E-state index contributed by atoms with van der Waals surface area (Å²) in [6.07, 6.45) is 7.48. The van der Waals surface area contributed by atoms with Crippen molar-refractivity contribution in [3.63, 3.8) is 0 Å². The number of nitrogens with one attached hydrogen (secondary N) is 1. The number of nitrogen functional groups attached to an aromatic ring is 1. The van der Waals surface area contributed by atoms with Gasteiger partial charge >= 0.3 is 0 Å². The molecule has 0 spiro atoms. The maximum absolute atomic E-state index is 11.7. The second-order valence-corrected chi connectivity index (χ2v) is 8.20. The summed E-state index contributed by atoms with van der Waals surface area (Å²) in [6, 6.07) is 5.13. The third kappa shape index (κ3) is 3.45. The third-order valence-corrected chi connectivity index (χ3v) is 5.39. The summed E-state index contributed by atoms with van der Waals surface area (Å²) in [6.45, 7) is 3.13. The van der Waals surface area contributed by atoms with E-state index < -0.39 is 9.84 Å². The van der Waals surface area contributed by atoms with Crippen LogP contribution >= 0.6 is 0 Å². The van der Waals surface area contributed by atoms with Crippen LogP contribution < -0.4 is 11.1 Å². The van der Waals surface area contributed by atoms with Gasteiger partial charge in [-0.2, -0.15) is 0 Å². The van der Waals surface area contributed by atoms with E-state index in [4.69, 9.17) is 5.73 Å². The summed E-state index contributed by atoms with van der Waals surface area (Å²) in [5.74, 6) is 0. The molecule has 3 N–H and O–H groups in total. The van der Waals surface area contributed by atoms with Crippen LogP contribution in [0.4, 0.5) is 11.4 Å². The molecule has 1 fully saturated rings. The highest BCUT2D eigenvalue weighted by molar-refractivity contribution is 7.90. The van der Waals surface area contributed by atoms with Gasteiger partial charge in [-0.3, -0.25) is 0 Å². The molecule has 0 saturated heterocycles. The Morgan fingerprint density at radius 2 is 1.90 bits per heavy atom. The molecule has 5 heteroatoms. The Balaban J connectivity index is 2.14. The number of hydrogen-bond donors (Lipinski definition) is 2. The van der Waals surface area contributed by atoms with Gasteiger partial charge in [0, 0.05) is 12.8 Å². The molecule has 20 heavy (non-hydrogen) atoms. The van der Waals surface area contributed by atoms with Crippen molar-refractivity contribution in [1.82, 2.24) is 0 Å². The molecule has 0 heterocycles. The van der Waals surface area contributed by atoms with Gasteiger partial charge in [-0.05, 0) is 30.4 Å². The number of benzene rings is 1. The van der Waals surface area contributed by atoms with E-state index in [1.807, 2.05) is 6.07 Å². The van der Waals surface area contributed by atoms with Gasteiger partial charge in [-0.25, -0.2) is 8.42 Å². The third-order valence-electron chi connectivity index (χ3n) is 4.23. The number of nitrogens with two attached hydrogens (primary N) is 1. The van der Waals surface area contributed by atoms with Crippen molar-refractivity contribution in [3.8, 4) is 0 Å². The van der Waals surface area contributed by atoms with Crippen LogP contribution in [0.15, 0.2) is 23.1 Å². The smallest absolute Gasteiger partial charge is 0.177 e. The van der Waals surface area contributed by atoms with Crippen molar-refractivity contribution in [3.05, 3.63) is 18.2 Å². The molecule has 112 valence electrons. The quantitative estimate of drug-likeness (QED) is 0.838. The zero-order valence-corrected chi connectivity index (χ0v) is 13.1. The minimum Gasteiger partial charge on any atom is -0.396 e. The summed E-state index contributed by atoms with van der Waals surface area (Å²) in [5.41, 5.74) is 7.32. The van der Waals surface area contributed by atoms with E-state index in [-0.39, 0.29) is 10.3 Å². The fourth-order valence-electron chi connectivity index (χ4n) is 2.91. The molecule has 1 aromatic rings. The zero-order valence-electron chi connectivity index (χ0n) is 12.3. The average Bonchev–Trinajstić information content (AvgIpc) is 2.37. The molecular formula is C15H24N2O2S. The lowest BCUT2D eigenvalue weighted by Gasteiger charge is -2.34. The predicted octanol–water partition coefficient (Wildman–Crippen LogP) is 3.05. The van der Waals surface area contributed by atoms with Gasteiger partial charge in [0.15, 0.2) is 9.84 Å². The molecule has 0 amide bonds. The molecule has 0 aromatic heterocycles. The first-order valence-corrected chi connectivity index (χ1v) is 9.03. The van der Waals surface area contributed by atoms with Crippen LogP contribution in [0.3, 0.4) is 0 Å². The van der Waals surface area contributed by atoms with E-state index in [9.17, 15) is 8.42 Å². The van der Waals surface area contributed by atoms with Gasteiger partial charge in [0.25, 0.3) is 0 Å². The summed E-state index contributed by atoms with van der Waals surface area (Å²) in [4.78, 5) is 0.205.